The zero-order valence-electron chi connectivity index (χ0n) is 12.7. The lowest BCUT2D eigenvalue weighted by molar-refractivity contribution is 0.389. The number of halogens is 1. The topological polar surface area (TPSA) is 49.7 Å². The highest BCUT2D eigenvalue weighted by Crippen LogP contribution is 2.28. The van der Waals surface area contributed by atoms with E-state index in [0.29, 0.717) is 11.8 Å². The Labute approximate surface area is 145 Å². The Morgan fingerprint density at radius 3 is 2.39 bits per heavy atom. The molecule has 4 nitrogen and oxygen atoms in total. The van der Waals surface area contributed by atoms with Crippen LogP contribution in [-0.4, -0.2) is 29.9 Å². The molecule has 1 unspecified atom stereocenters. The first-order chi connectivity index (χ1) is 11.0. The van der Waals surface area contributed by atoms with Crippen LogP contribution in [0.25, 0.3) is 0 Å². The van der Waals surface area contributed by atoms with E-state index in [1.165, 1.54) is 4.41 Å². The average molecular weight is 393 g/mol. The van der Waals surface area contributed by atoms with Crippen molar-refractivity contribution in [2.75, 3.05) is 5.33 Å². The molecule has 6 heteroatoms. The predicted molar refractivity (Wildman–Crippen MR) is 95.4 cm³/mol. The number of benzene rings is 2. The number of sulfonamides is 1. The maximum absolute atomic E-state index is 12.9. The Kier molecular flexibility index (Phi) is 4.55. The van der Waals surface area contributed by atoms with E-state index in [1.54, 1.807) is 24.3 Å². The first-order valence-electron chi connectivity index (χ1n) is 7.32. The van der Waals surface area contributed by atoms with E-state index in [9.17, 15) is 8.42 Å². The molecule has 23 heavy (non-hydrogen) atoms. The molecule has 0 N–H and O–H groups in total. The summed E-state index contributed by atoms with van der Waals surface area (Å²) >= 11 is 3.41. The van der Waals surface area contributed by atoms with Crippen molar-refractivity contribution < 1.29 is 8.42 Å². The summed E-state index contributed by atoms with van der Waals surface area (Å²) in [6, 6.07) is 16.3. The minimum absolute atomic E-state index is 0.212. The van der Waals surface area contributed by atoms with Crippen LogP contribution in [0.5, 0.6) is 0 Å². The van der Waals surface area contributed by atoms with Crippen LogP contribution in [0.2, 0.25) is 0 Å². The van der Waals surface area contributed by atoms with Gasteiger partial charge in [0.1, 0.15) is 0 Å². The molecule has 2 aromatic rings. The van der Waals surface area contributed by atoms with Gasteiger partial charge < -0.3 is 0 Å². The van der Waals surface area contributed by atoms with Crippen molar-refractivity contribution in [2.45, 2.75) is 24.3 Å². The third kappa shape index (κ3) is 3.19. The van der Waals surface area contributed by atoms with Gasteiger partial charge in [0.15, 0.2) is 0 Å². The minimum Gasteiger partial charge on any atom is -0.200 e. The summed E-state index contributed by atoms with van der Waals surface area (Å²) < 4.78 is 27.0. The van der Waals surface area contributed by atoms with Crippen LogP contribution in [0.15, 0.2) is 64.6 Å². The first kappa shape index (κ1) is 16.2. The van der Waals surface area contributed by atoms with Crippen LogP contribution in [0, 0.1) is 6.92 Å². The number of rotatable bonds is 4. The predicted octanol–water partition coefficient (Wildman–Crippen LogP) is 3.56. The normalized spacial score (nSPS) is 18.1. The second kappa shape index (κ2) is 6.45. The fourth-order valence-electron chi connectivity index (χ4n) is 2.53. The van der Waals surface area contributed by atoms with Crippen molar-refractivity contribution in [1.82, 2.24) is 4.41 Å². The summed E-state index contributed by atoms with van der Waals surface area (Å²) in [5.74, 6) is 0. The van der Waals surface area contributed by atoms with Crippen molar-refractivity contribution in [3.63, 3.8) is 0 Å². The van der Waals surface area contributed by atoms with E-state index in [1.807, 2.05) is 37.3 Å². The zero-order chi connectivity index (χ0) is 16.4. The van der Waals surface area contributed by atoms with Crippen molar-refractivity contribution in [3.05, 3.63) is 65.7 Å². The van der Waals surface area contributed by atoms with Gasteiger partial charge in [-0.15, -0.1) is 0 Å². The number of hydrazone groups is 1. The highest BCUT2D eigenvalue weighted by molar-refractivity contribution is 9.09. The third-order valence-corrected chi connectivity index (χ3v) is 6.30. The van der Waals surface area contributed by atoms with E-state index in [4.69, 9.17) is 0 Å². The number of hydrogen-bond acceptors (Lipinski definition) is 3. The Balaban J connectivity index is 1.99. The van der Waals surface area contributed by atoms with E-state index in [0.717, 1.165) is 16.8 Å². The van der Waals surface area contributed by atoms with Gasteiger partial charge in [-0.3, -0.25) is 0 Å². The second-order valence-electron chi connectivity index (χ2n) is 5.52. The molecular weight excluding hydrogens is 376 g/mol. The van der Waals surface area contributed by atoms with E-state index in [-0.39, 0.29) is 10.9 Å². The molecule has 0 amide bonds. The fourth-order valence-corrected chi connectivity index (χ4v) is 4.67. The van der Waals surface area contributed by atoms with Gasteiger partial charge in [-0.1, -0.05) is 64.0 Å². The molecule has 0 saturated carbocycles. The van der Waals surface area contributed by atoms with Crippen LogP contribution in [0.3, 0.4) is 0 Å². The smallest absolute Gasteiger partial charge is 0.200 e. The van der Waals surface area contributed by atoms with Crippen LogP contribution in [0.4, 0.5) is 0 Å². The summed E-state index contributed by atoms with van der Waals surface area (Å²) in [6.45, 7) is 1.93. The maximum atomic E-state index is 12.9. The van der Waals surface area contributed by atoms with Crippen LogP contribution in [0.1, 0.15) is 17.5 Å². The molecular formula is C17H17BrN2O2S. The SMILES string of the molecule is Cc1ccc(S(=O)(=O)N2N=C(c3ccccc3)CC2CBr)cc1. The van der Waals surface area contributed by atoms with Crippen molar-refractivity contribution in [2.24, 2.45) is 5.10 Å². The van der Waals surface area contributed by atoms with Crippen molar-refractivity contribution in [1.29, 1.82) is 0 Å². The number of aryl methyl sites for hydroxylation is 1. The Morgan fingerprint density at radius 2 is 1.78 bits per heavy atom. The fraction of sp³-hybridized carbons (Fsp3) is 0.235. The zero-order valence-corrected chi connectivity index (χ0v) is 15.1. The van der Waals surface area contributed by atoms with Gasteiger partial charge >= 0.3 is 0 Å². The van der Waals surface area contributed by atoms with E-state index in [2.05, 4.69) is 21.0 Å². The molecule has 1 heterocycles. The molecule has 1 aliphatic heterocycles. The summed E-state index contributed by atoms with van der Waals surface area (Å²) in [6.07, 6.45) is 0.598. The number of hydrogen-bond donors (Lipinski definition) is 0. The van der Waals surface area contributed by atoms with Gasteiger partial charge in [0.2, 0.25) is 0 Å². The van der Waals surface area contributed by atoms with Gasteiger partial charge in [-0.25, -0.2) is 0 Å². The Hall–Kier alpha value is -1.66. The lowest BCUT2D eigenvalue weighted by Gasteiger charge is -2.21. The van der Waals surface area contributed by atoms with Crippen molar-refractivity contribution in [3.8, 4) is 0 Å². The quantitative estimate of drug-likeness (QED) is 0.746. The third-order valence-electron chi connectivity index (χ3n) is 3.81. The first-order valence-corrected chi connectivity index (χ1v) is 9.88. The maximum Gasteiger partial charge on any atom is 0.279 e. The molecule has 120 valence electrons. The highest BCUT2D eigenvalue weighted by Gasteiger charge is 2.35. The lowest BCUT2D eigenvalue weighted by Crippen LogP contribution is -2.33. The van der Waals surface area contributed by atoms with Gasteiger partial charge in [-0.05, 0) is 24.6 Å². The highest BCUT2D eigenvalue weighted by atomic mass is 79.9. The lowest BCUT2D eigenvalue weighted by atomic mass is 10.1. The molecule has 0 bridgehead atoms. The van der Waals surface area contributed by atoms with Gasteiger partial charge in [0, 0.05) is 11.8 Å². The largest absolute Gasteiger partial charge is 0.279 e. The monoisotopic (exact) mass is 392 g/mol. The molecule has 0 aliphatic carbocycles. The Morgan fingerprint density at radius 1 is 1.13 bits per heavy atom. The van der Waals surface area contributed by atoms with Crippen LogP contribution >= 0.6 is 15.9 Å². The average Bonchev–Trinajstić information content (AvgIpc) is 3.01. The number of alkyl halides is 1. The van der Waals surface area contributed by atoms with Gasteiger partial charge in [0.25, 0.3) is 10.0 Å². The Bertz CT molecular complexity index is 817. The second-order valence-corrected chi connectivity index (χ2v) is 7.96. The molecule has 0 saturated heterocycles. The molecule has 2 aromatic carbocycles. The van der Waals surface area contributed by atoms with E-state index < -0.39 is 10.0 Å². The molecule has 0 radical (unpaired) electrons. The van der Waals surface area contributed by atoms with Gasteiger partial charge in [0.05, 0.1) is 16.6 Å². The summed E-state index contributed by atoms with van der Waals surface area (Å²) in [5, 5.41) is 4.95. The molecule has 0 spiro atoms. The summed E-state index contributed by atoms with van der Waals surface area (Å²) in [5.41, 5.74) is 2.78. The van der Waals surface area contributed by atoms with E-state index >= 15 is 0 Å². The standard InChI is InChI=1S/C17H17BrN2O2S/c1-13-7-9-16(10-8-13)23(21,22)20-15(12-18)11-17(19-20)14-5-3-2-4-6-14/h2-10,15H,11-12H2,1H3. The van der Waals surface area contributed by atoms with Crippen LogP contribution < -0.4 is 0 Å². The summed E-state index contributed by atoms with van der Waals surface area (Å²) in [4.78, 5) is 0.270. The minimum atomic E-state index is -3.64. The molecule has 0 aromatic heterocycles. The van der Waals surface area contributed by atoms with Crippen molar-refractivity contribution >= 4 is 31.7 Å². The molecule has 1 atom stereocenters. The molecule has 1 aliphatic rings. The number of nitrogens with zero attached hydrogens (tertiary/aromatic N) is 2. The van der Waals surface area contributed by atoms with Crippen LogP contribution in [-0.2, 0) is 10.0 Å². The van der Waals surface area contributed by atoms with Gasteiger partial charge in [-0.2, -0.15) is 17.9 Å². The summed E-state index contributed by atoms with van der Waals surface area (Å²) in [7, 11) is -3.64. The molecule has 0 fully saturated rings. The molecule has 3 rings (SSSR count).